The van der Waals surface area contributed by atoms with E-state index in [1.54, 1.807) is 12.1 Å². The summed E-state index contributed by atoms with van der Waals surface area (Å²) >= 11 is 0. The van der Waals surface area contributed by atoms with E-state index in [0.717, 1.165) is 6.42 Å². The molecule has 0 N–H and O–H groups in total. The smallest absolute Gasteiger partial charge is 0.494 e. The zero-order chi connectivity index (χ0) is 15.5. The molecule has 0 heterocycles. The fourth-order valence-corrected chi connectivity index (χ4v) is 1.24. The lowest BCUT2D eigenvalue weighted by molar-refractivity contribution is -0.452. The first-order chi connectivity index (χ1) is 10.2. The van der Waals surface area contributed by atoms with Crippen LogP contribution < -0.4 is 4.74 Å². The van der Waals surface area contributed by atoms with Crippen molar-refractivity contribution in [3.05, 3.63) is 29.8 Å². The van der Waals surface area contributed by atoms with E-state index in [1.165, 1.54) is 12.1 Å². The summed E-state index contributed by atoms with van der Waals surface area (Å²) in [6.07, 6.45) is 0.456. The van der Waals surface area contributed by atoms with Crippen LogP contribution in [0.1, 0.15) is 37.0 Å². The highest BCUT2D eigenvalue weighted by Gasteiger charge is 2.12. The number of benzene rings is 1. The molecule has 1 aromatic rings. The Kier molecular flexibility index (Phi) is 7.67. The minimum atomic E-state index is -1.08. The normalized spacial score (nSPS) is 9.81. The monoisotopic (exact) mass is 298 g/mol. The number of carbonyl (C=O) groups is 2. The first kappa shape index (κ1) is 16.8. The summed E-state index contributed by atoms with van der Waals surface area (Å²) in [5.74, 6) is -0.158. The predicted octanol–water partition coefficient (Wildman–Crippen LogP) is 3.04. The molecule has 0 aliphatic carbocycles. The lowest BCUT2D eigenvalue weighted by Crippen LogP contribution is -2.12. The Balaban J connectivity index is 2.33. The Morgan fingerprint density at radius 3 is 2.24 bits per heavy atom. The molecule has 0 saturated carbocycles. The SMILES string of the molecule is CCCOC(=O)OOOC(=O)c1ccc(OCCC)cc1. The van der Waals surface area contributed by atoms with Gasteiger partial charge in [0.25, 0.3) is 0 Å². The molecule has 1 rings (SSSR count). The van der Waals surface area contributed by atoms with Gasteiger partial charge in [0.1, 0.15) is 5.75 Å². The van der Waals surface area contributed by atoms with Crippen molar-refractivity contribution in [3.63, 3.8) is 0 Å². The van der Waals surface area contributed by atoms with Gasteiger partial charge in [0.15, 0.2) is 0 Å². The van der Waals surface area contributed by atoms with Crippen molar-refractivity contribution in [3.8, 4) is 5.75 Å². The molecule has 0 unspecified atom stereocenters. The van der Waals surface area contributed by atoms with E-state index >= 15 is 0 Å². The quantitative estimate of drug-likeness (QED) is 0.414. The van der Waals surface area contributed by atoms with E-state index in [9.17, 15) is 9.59 Å². The van der Waals surface area contributed by atoms with Crippen molar-refractivity contribution in [2.45, 2.75) is 26.7 Å². The highest BCUT2D eigenvalue weighted by Crippen LogP contribution is 2.13. The van der Waals surface area contributed by atoms with Gasteiger partial charge in [0.05, 0.1) is 23.8 Å². The van der Waals surface area contributed by atoms with E-state index in [1.807, 2.05) is 13.8 Å². The lowest BCUT2D eigenvalue weighted by atomic mass is 10.2. The van der Waals surface area contributed by atoms with Gasteiger partial charge in [-0.15, -0.1) is 0 Å². The van der Waals surface area contributed by atoms with Gasteiger partial charge in [-0.3, -0.25) is 4.89 Å². The maximum absolute atomic E-state index is 11.5. The van der Waals surface area contributed by atoms with Crippen LogP contribution in [0.2, 0.25) is 0 Å². The summed E-state index contributed by atoms with van der Waals surface area (Å²) in [5.41, 5.74) is 0.226. The van der Waals surface area contributed by atoms with Gasteiger partial charge in [0, 0.05) is 0 Å². The average molecular weight is 298 g/mol. The molecule has 0 aromatic heterocycles. The number of carbonyl (C=O) groups excluding carboxylic acids is 2. The Morgan fingerprint density at radius 2 is 1.62 bits per heavy atom. The zero-order valence-electron chi connectivity index (χ0n) is 12.0. The third-order valence-electron chi connectivity index (χ3n) is 2.20. The second-order valence-corrected chi connectivity index (χ2v) is 3.99. The molecule has 0 bridgehead atoms. The molecule has 116 valence electrons. The average Bonchev–Trinajstić information content (AvgIpc) is 2.51. The van der Waals surface area contributed by atoms with E-state index in [2.05, 4.69) is 19.6 Å². The summed E-state index contributed by atoms with van der Waals surface area (Å²) in [7, 11) is 0. The van der Waals surface area contributed by atoms with E-state index in [0.29, 0.717) is 18.8 Å². The van der Waals surface area contributed by atoms with Gasteiger partial charge in [-0.2, -0.15) is 0 Å². The maximum atomic E-state index is 11.5. The van der Waals surface area contributed by atoms with Gasteiger partial charge in [0.2, 0.25) is 0 Å². The molecule has 7 nitrogen and oxygen atoms in total. The van der Waals surface area contributed by atoms with Crippen LogP contribution in [0.5, 0.6) is 5.75 Å². The minimum Gasteiger partial charge on any atom is -0.494 e. The van der Waals surface area contributed by atoms with E-state index in [4.69, 9.17) is 4.74 Å². The molecule has 0 fully saturated rings. The van der Waals surface area contributed by atoms with E-state index in [-0.39, 0.29) is 12.2 Å². The van der Waals surface area contributed by atoms with Crippen molar-refractivity contribution < 1.29 is 33.9 Å². The summed E-state index contributed by atoms with van der Waals surface area (Å²) < 4.78 is 9.91. The fourth-order valence-electron chi connectivity index (χ4n) is 1.24. The van der Waals surface area contributed by atoms with Crippen molar-refractivity contribution >= 4 is 12.1 Å². The van der Waals surface area contributed by atoms with Crippen LogP contribution in [0.25, 0.3) is 0 Å². The lowest BCUT2D eigenvalue weighted by Gasteiger charge is -2.05. The molecule has 0 aliphatic rings. The van der Waals surface area contributed by atoms with Crippen LogP contribution in [0.3, 0.4) is 0 Å². The first-order valence-corrected chi connectivity index (χ1v) is 6.62. The number of ether oxygens (including phenoxy) is 2. The molecule has 1 aromatic carbocycles. The molecule has 0 saturated heterocycles. The minimum absolute atomic E-state index is 0.190. The Morgan fingerprint density at radius 1 is 0.952 bits per heavy atom. The van der Waals surface area contributed by atoms with Crippen molar-refractivity contribution in [1.29, 1.82) is 0 Å². The number of rotatable bonds is 8. The highest BCUT2D eigenvalue weighted by molar-refractivity contribution is 5.89. The zero-order valence-corrected chi connectivity index (χ0v) is 12.0. The second kappa shape index (κ2) is 9.60. The molecule has 21 heavy (non-hydrogen) atoms. The van der Waals surface area contributed by atoms with Crippen LogP contribution in [-0.2, 0) is 19.6 Å². The Labute approximate surface area is 122 Å². The van der Waals surface area contributed by atoms with Crippen molar-refractivity contribution in [1.82, 2.24) is 0 Å². The fraction of sp³-hybridized carbons (Fsp3) is 0.429. The maximum Gasteiger partial charge on any atom is 0.543 e. The molecular weight excluding hydrogens is 280 g/mol. The molecule has 0 atom stereocenters. The van der Waals surface area contributed by atoms with Crippen LogP contribution in [0.4, 0.5) is 4.79 Å². The van der Waals surface area contributed by atoms with Gasteiger partial charge >= 0.3 is 12.1 Å². The Bertz CT molecular complexity index is 441. The van der Waals surface area contributed by atoms with Crippen LogP contribution in [0, 0.1) is 0 Å². The summed E-state index contributed by atoms with van der Waals surface area (Å²) in [6, 6.07) is 6.27. The molecule has 0 amide bonds. The third-order valence-corrected chi connectivity index (χ3v) is 2.20. The van der Waals surface area contributed by atoms with E-state index < -0.39 is 12.1 Å². The molecular formula is C14H18O7. The standard InChI is InChI=1S/C14H18O7/c1-3-9-17-12-7-5-11(6-8-12)13(15)19-21-20-14(16)18-10-4-2/h5-8H,3-4,9-10H2,1-2H3. The van der Waals surface area contributed by atoms with Gasteiger partial charge < -0.3 is 9.47 Å². The van der Waals surface area contributed by atoms with Crippen molar-refractivity contribution in [2.24, 2.45) is 0 Å². The van der Waals surface area contributed by atoms with Crippen molar-refractivity contribution in [2.75, 3.05) is 13.2 Å². The first-order valence-electron chi connectivity index (χ1n) is 6.62. The van der Waals surface area contributed by atoms with Gasteiger partial charge in [-0.05, 0) is 37.1 Å². The molecule has 7 heteroatoms. The highest BCUT2D eigenvalue weighted by atomic mass is 17.5. The topological polar surface area (TPSA) is 80.3 Å². The van der Waals surface area contributed by atoms with Crippen LogP contribution in [-0.4, -0.2) is 25.3 Å². The van der Waals surface area contributed by atoms with Gasteiger partial charge in [-0.25, -0.2) is 14.5 Å². The Hall–Kier alpha value is -2.28. The van der Waals surface area contributed by atoms with Gasteiger partial charge in [-0.1, -0.05) is 13.8 Å². The van der Waals surface area contributed by atoms with Crippen LogP contribution >= 0.6 is 0 Å². The molecule has 0 aliphatic heterocycles. The predicted molar refractivity (Wildman–Crippen MR) is 71.5 cm³/mol. The summed E-state index contributed by atoms with van der Waals surface area (Å²) in [4.78, 5) is 30.8. The third kappa shape index (κ3) is 6.62. The number of hydrogen-bond acceptors (Lipinski definition) is 7. The second-order valence-electron chi connectivity index (χ2n) is 3.99. The molecule has 0 radical (unpaired) electrons. The summed E-state index contributed by atoms with van der Waals surface area (Å²) in [5, 5.41) is 4.05. The number of hydrogen-bond donors (Lipinski definition) is 0. The summed E-state index contributed by atoms with van der Waals surface area (Å²) in [6.45, 7) is 4.60. The largest absolute Gasteiger partial charge is 0.543 e. The molecule has 0 spiro atoms. The van der Waals surface area contributed by atoms with Crippen LogP contribution in [0.15, 0.2) is 24.3 Å².